The minimum absolute atomic E-state index is 0.195. The summed E-state index contributed by atoms with van der Waals surface area (Å²) in [5.41, 5.74) is 0. The van der Waals surface area contributed by atoms with Crippen molar-refractivity contribution in [3.05, 3.63) is 0 Å². The first kappa shape index (κ1) is 19.3. The monoisotopic (exact) mass is 318 g/mol. The molecule has 19 heavy (non-hydrogen) atoms. The SMILES string of the molecule is CCN(CC)CC(C)[O][Ni][O]C(C)CN(CC)CC. The third-order valence-corrected chi connectivity index (χ3v) is 4.12. The standard InChI is InChI=1S/2C7H16NO.Ni/c2*1-4-8(5-2)6-7(3)9;/h2*7H,4-6H2,1-3H3;/q2*-1;+2. The number of hydrogen-bond donors (Lipinski definition) is 0. The summed E-state index contributed by atoms with van der Waals surface area (Å²) in [6, 6.07) is 0. The van der Waals surface area contributed by atoms with E-state index in [1.54, 1.807) is 0 Å². The molecule has 0 aliphatic rings. The quantitative estimate of drug-likeness (QED) is 0.516. The molecule has 0 fully saturated rings. The van der Waals surface area contributed by atoms with Crippen LogP contribution in [0, 0.1) is 0 Å². The Bertz CT molecular complexity index is 180. The molecule has 0 aliphatic heterocycles. The van der Waals surface area contributed by atoms with Crippen LogP contribution in [-0.4, -0.2) is 61.3 Å². The van der Waals surface area contributed by atoms with E-state index in [-0.39, 0.29) is 12.2 Å². The zero-order valence-corrected chi connectivity index (χ0v) is 14.4. The fourth-order valence-corrected chi connectivity index (χ4v) is 2.39. The molecule has 0 saturated carbocycles. The van der Waals surface area contributed by atoms with Crippen molar-refractivity contribution >= 4 is 0 Å². The Morgan fingerprint density at radius 1 is 0.737 bits per heavy atom. The van der Waals surface area contributed by atoms with Gasteiger partial charge in [0.2, 0.25) is 0 Å². The summed E-state index contributed by atoms with van der Waals surface area (Å²) in [5, 5.41) is 0. The van der Waals surface area contributed by atoms with Gasteiger partial charge in [-0.2, -0.15) is 0 Å². The van der Waals surface area contributed by atoms with E-state index in [0.717, 1.165) is 54.4 Å². The van der Waals surface area contributed by atoms with Crippen molar-refractivity contribution < 1.29 is 22.8 Å². The molecule has 0 N–H and O–H groups in total. The predicted molar refractivity (Wildman–Crippen MR) is 76.7 cm³/mol. The van der Waals surface area contributed by atoms with Crippen LogP contribution in [0.3, 0.4) is 0 Å². The van der Waals surface area contributed by atoms with Gasteiger partial charge in [-0.25, -0.2) is 0 Å². The molecule has 0 rings (SSSR count). The van der Waals surface area contributed by atoms with E-state index in [0.29, 0.717) is 0 Å². The molecular formula is C14H32N2NiO2. The van der Waals surface area contributed by atoms with Crippen LogP contribution in [0.15, 0.2) is 0 Å². The van der Waals surface area contributed by atoms with Crippen LogP contribution in [0.25, 0.3) is 0 Å². The van der Waals surface area contributed by atoms with E-state index < -0.39 is 0 Å². The summed E-state index contributed by atoms with van der Waals surface area (Å²) in [4.78, 5) is 4.71. The van der Waals surface area contributed by atoms with Crippen LogP contribution in [0.5, 0.6) is 0 Å². The maximum atomic E-state index is 5.65. The fraction of sp³-hybridized carbons (Fsp3) is 1.00. The molecule has 0 aromatic carbocycles. The van der Waals surface area contributed by atoms with Crippen molar-refractivity contribution in [2.24, 2.45) is 0 Å². The Kier molecular flexibility index (Phi) is 12.3. The molecular weight excluding hydrogens is 287 g/mol. The maximum absolute atomic E-state index is 5.65. The Labute approximate surface area is 126 Å². The Balaban J connectivity index is 3.71. The molecule has 0 aliphatic carbocycles. The average Bonchev–Trinajstić information content (AvgIpc) is 2.42. The zero-order valence-electron chi connectivity index (χ0n) is 13.4. The summed E-state index contributed by atoms with van der Waals surface area (Å²) < 4.78 is 11.3. The summed E-state index contributed by atoms with van der Waals surface area (Å²) in [6.07, 6.45) is 0.390. The van der Waals surface area contributed by atoms with Crippen LogP contribution in [0.4, 0.5) is 0 Å². The van der Waals surface area contributed by atoms with Crippen LogP contribution in [-0.2, 0) is 22.8 Å². The van der Waals surface area contributed by atoms with E-state index >= 15 is 0 Å². The number of nitrogens with zero attached hydrogens (tertiary/aromatic N) is 2. The van der Waals surface area contributed by atoms with Crippen molar-refractivity contribution in [1.29, 1.82) is 0 Å². The van der Waals surface area contributed by atoms with E-state index in [9.17, 15) is 0 Å². The van der Waals surface area contributed by atoms with Gasteiger partial charge in [-0.15, -0.1) is 0 Å². The molecule has 120 valence electrons. The van der Waals surface area contributed by atoms with Gasteiger partial charge in [0.1, 0.15) is 0 Å². The van der Waals surface area contributed by atoms with E-state index in [4.69, 9.17) is 7.76 Å². The normalized spacial score (nSPS) is 15.4. The van der Waals surface area contributed by atoms with Crippen molar-refractivity contribution in [3.8, 4) is 0 Å². The molecule has 0 radical (unpaired) electrons. The number of likely N-dealkylation sites (N-methyl/N-ethyl adjacent to an activating group) is 2. The summed E-state index contributed by atoms with van der Waals surface area (Å²) in [6.45, 7) is 19.1. The van der Waals surface area contributed by atoms with Crippen LogP contribution >= 0.6 is 0 Å². The molecule has 4 nitrogen and oxygen atoms in total. The van der Waals surface area contributed by atoms with Crippen LogP contribution in [0.2, 0.25) is 0 Å². The van der Waals surface area contributed by atoms with Crippen molar-refractivity contribution in [1.82, 2.24) is 9.80 Å². The Hall–Kier alpha value is 0.334. The molecule has 5 heteroatoms. The second-order valence-corrected chi connectivity index (χ2v) is 5.42. The Morgan fingerprint density at radius 3 is 1.32 bits per heavy atom. The van der Waals surface area contributed by atoms with E-state index in [1.165, 1.54) is 0 Å². The molecule has 0 amide bonds. The van der Waals surface area contributed by atoms with Crippen molar-refractivity contribution in [2.45, 2.75) is 53.8 Å². The van der Waals surface area contributed by atoms with Gasteiger partial charge in [0.15, 0.2) is 0 Å². The molecule has 0 aromatic heterocycles. The van der Waals surface area contributed by atoms with Gasteiger partial charge in [0, 0.05) is 0 Å². The molecule has 0 aromatic rings. The zero-order chi connectivity index (χ0) is 14.7. The minimum atomic E-state index is 0.195. The fourth-order valence-electron chi connectivity index (χ4n) is 1.86. The number of rotatable bonds is 12. The van der Waals surface area contributed by atoms with E-state index in [1.807, 2.05) is 0 Å². The third kappa shape index (κ3) is 9.81. The van der Waals surface area contributed by atoms with Crippen LogP contribution < -0.4 is 0 Å². The molecule has 0 saturated heterocycles. The van der Waals surface area contributed by atoms with Crippen molar-refractivity contribution in [3.63, 3.8) is 0 Å². The number of hydrogen-bond acceptors (Lipinski definition) is 4. The molecule has 0 heterocycles. The summed E-state index contributed by atoms with van der Waals surface area (Å²) in [7, 11) is 0. The second kappa shape index (κ2) is 12.1. The molecule has 0 bridgehead atoms. The third-order valence-electron chi connectivity index (χ3n) is 3.13. The molecule has 0 spiro atoms. The van der Waals surface area contributed by atoms with Gasteiger partial charge in [-0.1, -0.05) is 0 Å². The first-order valence-corrected chi connectivity index (χ1v) is 8.23. The van der Waals surface area contributed by atoms with E-state index in [2.05, 4.69) is 51.3 Å². The van der Waals surface area contributed by atoms with Gasteiger partial charge in [-0.05, 0) is 0 Å². The first-order chi connectivity index (χ1) is 9.07. The van der Waals surface area contributed by atoms with Gasteiger partial charge >= 0.3 is 126 Å². The van der Waals surface area contributed by atoms with Gasteiger partial charge in [0.25, 0.3) is 0 Å². The van der Waals surface area contributed by atoms with Crippen molar-refractivity contribution in [2.75, 3.05) is 39.3 Å². The molecule has 2 atom stereocenters. The van der Waals surface area contributed by atoms with Gasteiger partial charge < -0.3 is 0 Å². The first-order valence-electron chi connectivity index (χ1n) is 7.43. The van der Waals surface area contributed by atoms with Crippen LogP contribution in [0.1, 0.15) is 41.5 Å². The summed E-state index contributed by atoms with van der Waals surface area (Å²) in [5.74, 6) is 0. The molecule has 2 unspecified atom stereocenters. The second-order valence-electron chi connectivity index (χ2n) is 4.79. The predicted octanol–water partition coefficient (Wildman–Crippen LogP) is 2.39. The summed E-state index contributed by atoms with van der Waals surface area (Å²) >= 11 is 0.955. The Morgan fingerprint density at radius 2 is 1.05 bits per heavy atom. The topological polar surface area (TPSA) is 24.9 Å². The van der Waals surface area contributed by atoms with Gasteiger partial charge in [0.05, 0.1) is 0 Å². The van der Waals surface area contributed by atoms with Gasteiger partial charge in [-0.3, -0.25) is 0 Å². The average molecular weight is 319 g/mol.